The zero-order chi connectivity index (χ0) is 17.6. The predicted octanol–water partition coefficient (Wildman–Crippen LogP) is 3.11. The molecule has 1 aliphatic carbocycles. The molecule has 1 saturated heterocycles. The minimum absolute atomic E-state index is 0.109. The summed E-state index contributed by atoms with van der Waals surface area (Å²) in [7, 11) is 0. The van der Waals surface area contributed by atoms with Crippen molar-refractivity contribution < 1.29 is 14.3 Å². The third kappa shape index (κ3) is 4.65. The van der Waals surface area contributed by atoms with Crippen LogP contribution in [0.2, 0.25) is 0 Å². The molecule has 0 spiro atoms. The molecule has 0 unspecified atom stereocenters. The number of rotatable bonds is 4. The van der Waals surface area contributed by atoms with Crippen LogP contribution in [0.1, 0.15) is 50.5 Å². The molecule has 2 aliphatic rings. The van der Waals surface area contributed by atoms with Gasteiger partial charge in [0, 0.05) is 17.8 Å². The summed E-state index contributed by atoms with van der Waals surface area (Å²) in [6.45, 7) is 2.62. The van der Waals surface area contributed by atoms with Crippen LogP contribution in [-0.2, 0) is 4.79 Å². The van der Waals surface area contributed by atoms with Crippen LogP contribution in [-0.4, -0.2) is 30.6 Å². The Labute approximate surface area is 148 Å². The number of amides is 3. The summed E-state index contributed by atoms with van der Waals surface area (Å²) in [5.41, 5.74) is 1.62. The average molecular weight is 345 g/mol. The summed E-state index contributed by atoms with van der Waals surface area (Å²) in [6, 6.07) is 4.84. The molecule has 1 heterocycles. The fourth-order valence-electron chi connectivity index (χ4n) is 3.46. The first-order valence-electron chi connectivity index (χ1n) is 9.25. The molecule has 1 aliphatic heterocycles. The first-order valence-corrected chi connectivity index (χ1v) is 9.25. The molecule has 0 bridgehead atoms. The average Bonchev–Trinajstić information content (AvgIpc) is 3.02. The number of carbonyl (C=O) groups excluding carboxylic acids is 2. The Morgan fingerprint density at radius 3 is 2.72 bits per heavy atom. The number of carbonyl (C=O) groups is 2. The first kappa shape index (κ1) is 17.6. The van der Waals surface area contributed by atoms with Crippen LogP contribution in [0.15, 0.2) is 18.2 Å². The number of hydrogen-bond acceptors (Lipinski definition) is 3. The number of anilines is 1. The zero-order valence-electron chi connectivity index (χ0n) is 14.8. The van der Waals surface area contributed by atoms with E-state index in [0.717, 1.165) is 37.0 Å². The van der Waals surface area contributed by atoms with Crippen molar-refractivity contribution in [2.24, 2.45) is 0 Å². The molecule has 3 rings (SSSR count). The Morgan fingerprint density at radius 1 is 1.16 bits per heavy atom. The molecule has 136 valence electrons. The quantitative estimate of drug-likeness (QED) is 0.784. The van der Waals surface area contributed by atoms with E-state index in [-0.39, 0.29) is 18.0 Å². The molecular weight excluding hydrogens is 318 g/mol. The molecule has 0 radical (unpaired) electrons. The van der Waals surface area contributed by atoms with Crippen LogP contribution in [0.25, 0.3) is 0 Å². The summed E-state index contributed by atoms with van der Waals surface area (Å²) in [5, 5.41) is 8.45. The molecule has 1 aromatic carbocycles. The Kier molecular flexibility index (Phi) is 5.79. The second-order valence-corrected chi connectivity index (χ2v) is 6.89. The molecule has 6 heteroatoms. The maximum Gasteiger partial charge on any atom is 0.319 e. The summed E-state index contributed by atoms with van der Waals surface area (Å²) in [5.74, 6) is 0.708. The third-order valence-electron chi connectivity index (χ3n) is 4.97. The van der Waals surface area contributed by atoms with Crippen molar-refractivity contribution >= 4 is 17.6 Å². The van der Waals surface area contributed by atoms with E-state index >= 15 is 0 Å². The summed E-state index contributed by atoms with van der Waals surface area (Å²) in [6.07, 6.45) is 7.43. The van der Waals surface area contributed by atoms with Gasteiger partial charge in [0.05, 0.1) is 6.10 Å². The largest absolute Gasteiger partial charge is 0.490 e. The number of ether oxygens (including phenoxy) is 1. The summed E-state index contributed by atoms with van der Waals surface area (Å²) >= 11 is 0. The van der Waals surface area contributed by atoms with E-state index in [4.69, 9.17) is 4.74 Å². The van der Waals surface area contributed by atoms with Crippen LogP contribution in [0.4, 0.5) is 10.5 Å². The van der Waals surface area contributed by atoms with Gasteiger partial charge >= 0.3 is 6.03 Å². The van der Waals surface area contributed by atoms with Gasteiger partial charge in [-0.1, -0.05) is 6.07 Å². The summed E-state index contributed by atoms with van der Waals surface area (Å²) < 4.78 is 6.08. The van der Waals surface area contributed by atoms with Crippen molar-refractivity contribution in [3.05, 3.63) is 23.8 Å². The topological polar surface area (TPSA) is 79.5 Å². The van der Waals surface area contributed by atoms with Gasteiger partial charge in [-0.15, -0.1) is 0 Å². The minimum Gasteiger partial charge on any atom is -0.490 e. The number of benzene rings is 1. The molecule has 3 amide bonds. The third-order valence-corrected chi connectivity index (χ3v) is 4.97. The lowest BCUT2D eigenvalue weighted by atomic mass is 10.1. The van der Waals surface area contributed by atoms with Crippen molar-refractivity contribution in [1.29, 1.82) is 0 Å². The Morgan fingerprint density at radius 2 is 1.92 bits per heavy atom. The molecule has 2 fully saturated rings. The molecule has 0 aromatic heterocycles. The van der Waals surface area contributed by atoms with Gasteiger partial charge in [0.2, 0.25) is 5.91 Å². The van der Waals surface area contributed by atoms with Crippen molar-refractivity contribution in [2.75, 3.05) is 11.9 Å². The second kappa shape index (κ2) is 8.23. The fraction of sp³-hybridized carbons (Fsp3) is 0.579. The molecule has 25 heavy (non-hydrogen) atoms. The molecule has 1 atom stereocenters. The maximum absolute atomic E-state index is 12.3. The van der Waals surface area contributed by atoms with Crippen molar-refractivity contribution in [3.8, 4) is 5.75 Å². The lowest BCUT2D eigenvalue weighted by molar-refractivity contribution is -0.122. The van der Waals surface area contributed by atoms with Gasteiger partial charge in [0.1, 0.15) is 11.8 Å². The predicted molar refractivity (Wildman–Crippen MR) is 96.9 cm³/mol. The molecular formula is C19H27N3O3. The minimum atomic E-state index is -0.472. The van der Waals surface area contributed by atoms with Crippen LogP contribution >= 0.6 is 0 Å². The van der Waals surface area contributed by atoms with Crippen molar-refractivity contribution in [1.82, 2.24) is 10.6 Å². The molecule has 3 N–H and O–H groups in total. The monoisotopic (exact) mass is 345 g/mol. The summed E-state index contributed by atoms with van der Waals surface area (Å²) in [4.78, 5) is 24.2. The smallest absolute Gasteiger partial charge is 0.319 e. The first-order chi connectivity index (χ1) is 12.1. The number of urea groups is 1. The van der Waals surface area contributed by atoms with Crippen molar-refractivity contribution in [3.63, 3.8) is 0 Å². The van der Waals surface area contributed by atoms with Gasteiger partial charge in [-0.2, -0.15) is 0 Å². The van der Waals surface area contributed by atoms with Crippen molar-refractivity contribution in [2.45, 2.75) is 64.0 Å². The van der Waals surface area contributed by atoms with Gasteiger partial charge in [-0.05, 0) is 64.0 Å². The second-order valence-electron chi connectivity index (χ2n) is 6.89. The van der Waals surface area contributed by atoms with Gasteiger partial charge in [-0.25, -0.2) is 4.79 Å². The Hall–Kier alpha value is -2.24. The van der Waals surface area contributed by atoms with Gasteiger partial charge in [0.25, 0.3) is 0 Å². The van der Waals surface area contributed by atoms with E-state index in [9.17, 15) is 9.59 Å². The Bertz CT molecular complexity index is 626. The lowest BCUT2D eigenvalue weighted by Crippen LogP contribution is -2.47. The zero-order valence-corrected chi connectivity index (χ0v) is 14.8. The van der Waals surface area contributed by atoms with Gasteiger partial charge < -0.3 is 20.7 Å². The van der Waals surface area contributed by atoms with Gasteiger partial charge in [-0.3, -0.25) is 4.79 Å². The van der Waals surface area contributed by atoms with Crippen LogP contribution in [0.5, 0.6) is 5.75 Å². The van der Waals surface area contributed by atoms with E-state index in [2.05, 4.69) is 16.0 Å². The molecule has 1 aromatic rings. The van der Waals surface area contributed by atoms with E-state index < -0.39 is 6.04 Å². The standard InChI is InChI=1S/C19H27N3O3/c1-13-15(10-6-11-17(13)25-14-7-2-3-8-14)21-19(24)22-16-9-4-5-12-20-18(16)23/h6,10-11,14,16H,2-5,7-9,12H2,1H3,(H,20,23)(H2,21,22,24)/t16-/m0/s1. The van der Waals surface area contributed by atoms with E-state index in [1.807, 2.05) is 25.1 Å². The molecule has 1 saturated carbocycles. The van der Waals surface area contributed by atoms with E-state index in [0.29, 0.717) is 18.7 Å². The Balaban J connectivity index is 1.61. The highest BCUT2D eigenvalue weighted by atomic mass is 16.5. The maximum atomic E-state index is 12.3. The number of nitrogens with one attached hydrogen (secondary N) is 3. The fourth-order valence-corrected chi connectivity index (χ4v) is 3.46. The van der Waals surface area contributed by atoms with Crippen LogP contribution < -0.4 is 20.7 Å². The van der Waals surface area contributed by atoms with Crippen LogP contribution in [0.3, 0.4) is 0 Å². The highest BCUT2D eigenvalue weighted by molar-refractivity contribution is 5.94. The van der Waals surface area contributed by atoms with E-state index in [1.165, 1.54) is 12.8 Å². The SMILES string of the molecule is Cc1c(NC(=O)N[C@H]2CCCCNC2=O)cccc1OC1CCCC1. The normalized spacial score (nSPS) is 21.3. The van der Waals surface area contributed by atoms with Crippen LogP contribution in [0, 0.1) is 6.92 Å². The van der Waals surface area contributed by atoms with E-state index in [1.54, 1.807) is 0 Å². The van der Waals surface area contributed by atoms with Gasteiger partial charge in [0.15, 0.2) is 0 Å². The number of hydrogen-bond donors (Lipinski definition) is 3. The highest BCUT2D eigenvalue weighted by Crippen LogP contribution is 2.30. The molecule has 6 nitrogen and oxygen atoms in total. The highest BCUT2D eigenvalue weighted by Gasteiger charge is 2.23. The lowest BCUT2D eigenvalue weighted by Gasteiger charge is -2.19.